The van der Waals surface area contributed by atoms with Crippen LogP contribution in [0.5, 0.6) is 0 Å². The first-order valence-electron chi connectivity index (χ1n) is 6.77. The maximum atomic E-state index is 11.9. The Labute approximate surface area is 100 Å². The third-order valence-corrected chi connectivity index (χ3v) is 4.10. The maximum absolute atomic E-state index is 11.9. The zero-order valence-electron chi connectivity index (χ0n) is 11.3. The lowest BCUT2D eigenvalue weighted by Gasteiger charge is -2.21. The highest BCUT2D eigenvalue weighted by Gasteiger charge is 2.19. The molecule has 1 aliphatic rings. The van der Waals surface area contributed by atoms with Gasteiger partial charge in [0.05, 0.1) is 0 Å². The number of ketones is 1. The molecule has 0 saturated heterocycles. The van der Waals surface area contributed by atoms with E-state index in [1.807, 2.05) is 0 Å². The first kappa shape index (κ1) is 13.5. The second-order valence-electron chi connectivity index (χ2n) is 5.39. The normalized spacial score (nSPS) is 18.9. The van der Waals surface area contributed by atoms with E-state index in [4.69, 9.17) is 0 Å². The molecule has 0 radical (unpaired) electrons. The number of carbonyl (C=O) groups is 1. The van der Waals surface area contributed by atoms with Crippen LogP contribution in [-0.4, -0.2) is 5.78 Å². The molecular weight excluding hydrogens is 196 g/mol. The highest BCUT2D eigenvalue weighted by atomic mass is 16.1. The Bertz CT molecular complexity index is 269. The van der Waals surface area contributed by atoms with Crippen molar-refractivity contribution in [3.8, 4) is 0 Å². The van der Waals surface area contributed by atoms with Crippen molar-refractivity contribution < 1.29 is 4.79 Å². The van der Waals surface area contributed by atoms with Crippen LogP contribution in [0.25, 0.3) is 0 Å². The molecule has 2 atom stereocenters. The molecule has 1 nitrogen and oxygen atoms in total. The first-order chi connectivity index (χ1) is 7.56. The fourth-order valence-corrected chi connectivity index (χ4v) is 2.22. The minimum Gasteiger partial charge on any atom is -0.299 e. The van der Waals surface area contributed by atoms with Crippen molar-refractivity contribution in [1.29, 1.82) is 0 Å². The molecule has 0 aromatic rings. The van der Waals surface area contributed by atoms with Gasteiger partial charge in [0, 0.05) is 11.8 Å². The lowest BCUT2D eigenvalue weighted by molar-refractivity contribution is -0.126. The van der Waals surface area contributed by atoms with E-state index in [1.165, 1.54) is 19.3 Å². The molecule has 0 aromatic heterocycles. The molecule has 1 aliphatic carbocycles. The molecule has 0 amide bonds. The van der Waals surface area contributed by atoms with Gasteiger partial charge in [-0.05, 0) is 45.4 Å². The summed E-state index contributed by atoms with van der Waals surface area (Å²) in [5, 5.41) is 0. The molecule has 0 aliphatic heterocycles. The van der Waals surface area contributed by atoms with Crippen LogP contribution in [0, 0.1) is 11.8 Å². The molecule has 2 unspecified atom stereocenters. The summed E-state index contributed by atoms with van der Waals surface area (Å²) >= 11 is 0. The van der Waals surface area contributed by atoms with Gasteiger partial charge in [-0.3, -0.25) is 4.79 Å². The Balaban J connectivity index is 2.34. The minimum absolute atomic E-state index is 0.241. The summed E-state index contributed by atoms with van der Waals surface area (Å²) in [5.74, 6) is 0.936. The summed E-state index contributed by atoms with van der Waals surface area (Å²) in [7, 11) is 0. The molecular formula is C15H26O. The van der Waals surface area contributed by atoms with Gasteiger partial charge in [0.2, 0.25) is 0 Å². The third kappa shape index (κ3) is 3.47. The minimum atomic E-state index is 0.241. The Kier molecular flexibility index (Phi) is 5.24. The Hall–Kier alpha value is -0.590. The second-order valence-corrected chi connectivity index (χ2v) is 5.39. The summed E-state index contributed by atoms with van der Waals surface area (Å²) in [6.07, 6.45) is 7.12. The Morgan fingerprint density at radius 1 is 1.25 bits per heavy atom. The van der Waals surface area contributed by atoms with Gasteiger partial charge in [0.25, 0.3) is 0 Å². The largest absolute Gasteiger partial charge is 0.299 e. The molecule has 1 rings (SSSR count). The van der Waals surface area contributed by atoms with Crippen LogP contribution < -0.4 is 0 Å². The van der Waals surface area contributed by atoms with Gasteiger partial charge in [0.1, 0.15) is 5.78 Å². The standard InChI is InChI=1S/C15H26O/c1-5-11(2)15(16)13(4)10-9-12(3)14-7-6-8-14/h11,13H,5-10H2,1-4H3. The fraction of sp³-hybridized carbons (Fsp3) is 0.800. The molecule has 0 N–H and O–H groups in total. The van der Waals surface area contributed by atoms with Crippen molar-refractivity contribution in [1.82, 2.24) is 0 Å². The summed E-state index contributed by atoms with van der Waals surface area (Å²) < 4.78 is 0. The SMILES string of the molecule is CCC(C)C(=O)C(C)CCC(C)=C1CCC1. The molecule has 1 heteroatoms. The lowest BCUT2D eigenvalue weighted by atomic mass is 9.84. The lowest BCUT2D eigenvalue weighted by Crippen LogP contribution is -2.19. The molecule has 0 heterocycles. The van der Waals surface area contributed by atoms with Gasteiger partial charge < -0.3 is 0 Å². The van der Waals surface area contributed by atoms with Crippen LogP contribution in [0.2, 0.25) is 0 Å². The van der Waals surface area contributed by atoms with Gasteiger partial charge in [-0.2, -0.15) is 0 Å². The molecule has 0 bridgehead atoms. The van der Waals surface area contributed by atoms with Gasteiger partial charge in [-0.25, -0.2) is 0 Å². The summed E-state index contributed by atoms with van der Waals surface area (Å²) in [4.78, 5) is 11.9. The summed E-state index contributed by atoms with van der Waals surface area (Å²) in [5.41, 5.74) is 3.21. The van der Waals surface area contributed by atoms with Gasteiger partial charge in [-0.1, -0.05) is 31.9 Å². The molecule has 0 aromatic carbocycles. The van der Waals surface area contributed by atoms with Crippen molar-refractivity contribution in [2.45, 2.75) is 66.2 Å². The molecule has 0 spiro atoms. The van der Waals surface area contributed by atoms with Crippen LogP contribution in [0.3, 0.4) is 0 Å². The average molecular weight is 222 g/mol. The van der Waals surface area contributed by atoms with E-state index >= 15 is 0 Å². The van der Waals surface area contributed by atoms with E-state index in [1.54, 1.807) is 11.1 Å². The summed E-state index contributed by atoms with van der Waals surface area (Å²) in [6.45, 7) is 8.48. The van der Waals surface area contributed by atoms with E-state index in [0.29, 0.717) is 5.78 Å². The van der Waals surface area contributed by atoms with Gasteiger partial charge in [-0.15, -0.1) is 0 Å². The zero-order chi connectivity index (χ0) is 12.1. The number of rotatable bonds is 6. The quantitative estimate of drug-likeness (QED) is 0.604. The maximum Gasteiger partial charge on any atom is 0.138 e. The van der Waals surface area contributed by atoms with Crippen molar-refractivity contribution in [3.63, 3.8) is 0 Å². The molecule has 92 valence electrons. The van der Waals surface area contributed by atoms with Crippen molar-refractivity contribution >= 4 is 5.78 Å². The van der Waals surface area contributed by atoms with Crippen LogP contribution in [0.4, 0.5) is 0 Å². The average Bonchev–Trinajstić information content (AvgIpc) is 2.21. The van der Waals surface area contributed by atoms with E-state index in [0.717, 1.165) is 19.3 Å². The third-order valence-electron chi connectivity index (χ3n) is 4.10. The monoisotopic (exact) mass is 222 g/mol. The number of hydrogen-bond donors (Lipinski definition) is 0. The van der Waals surface area contributed by atoms with E-state index in [2.05, 4.69) is 27.7 Å². The zero-order valence-corrected chi connectivity index (χ0v) is 11.3. The highest BCUT2D eigenvalue weighted by molar-refractivity contribution is 5.82. The Morgan fingerprint density at radius 2 is 1.88 bits per heavy atom. The number of hydrogen-bond acceptors (Lipinski definition) is 1. The van der Waals surface area contributed by atoms with E-state index in [-0.39, 0.29) is 11.8 Å². The number of Topliss-reactive ketones (excluding diaryl/α,β-unsaturated/α-hetero) is 1. The van der Waals surface area contributed by atoms with Crippen LogP contribution in [-0.2, 0) is 4.79 Å². The molecule has 1 fully saturated rings. The predicted octanol–water partition coefficient (Wildman–Crippen LogP) is 4.52. The Morgan fingerprint density at radius 3 is 2.31 bits per heavy atom. The van der Waals surface area contributed by atoms with Crippen LogP contribution in [0.1, 0.15) is 66.2 Å². The second kappa shape index (κ2) is 6.22. The van der Waals surface area contributed by atoms with Crippen LogP contribution in [0.15, 0.2) is 11.1 Å². The summed E-state index contributed by atoms with van der Waals surface area (Å²) in [6, 6.07) is 0. The highest BCUT2D eigenvalue weighted by Crippen LogP contribution is 2.31. The van der Waals surface area contributed by atoms with Crippen LogP contribution >= 0.6 is 0 Å². The van der Waals surface area contributed by atoms with E-state index < -0.39 is 0 Å². The van der Waals surface area contributed by atoms with E-state index in [9.17, 15) is 4.79 Å². The number of allylic oxidation sites excluding steroid dienone is 2. The molecule has 1 saturated carbocycles. The first-order valence-corrected chi connectivity index (χ1v) is 6.77. The smallest absolute Gasteiger partial charge is 0.138 e. The number of carbonyl (C=O) groups excluding carboxylic acids is 1. The molecule has 16 heavy (non-hydrogen) atoms. The van der Waals surface area contributed by atoms with Crippen molar-refractivity contribution in [3.05, 3.63) is 11.1 Å². The van der Waals surface area contributed by atoms with Crippen molar-refractivity contribution in [2.75, 3.05) is 0 Å². The van der Waals surface area contributed by atoms with Crippen molar-refractivity contribution in [2.24, 2.45) is 11.8 Å². The fourth-order valence-electron chi connectivity index (χ4n) is 2.22. The van der Waals surface area contributed by atoms with Gasteiger partial charge in [0.15, 0.2) is 0 Å². The predicted molar refractivity (Wildman–Crippen MR) is 69.4 cm³/mol. The topological polar surface area (TPSA) is 17.1 Å². The van der Waals surface area contributed by atoms with Gasteiger partial charge >= 0.3 is 0 Å².